The summed E-state index contributed by atoms with van der Waals surface area (Å²) in [7, 11) is 0. The normalized spacial score (nSPS) is 23.2. The number of hydrogen-bond donors (Lipinski definition) is 1. The number of thioether (sulfide) groups is 1. The highest BCUT2D eigenvalue weighted by Crippen LogP contribution is 2.42. The standard InChI is InChI=1S/C13H18N2O3S/c1-8(2)14-11(16)7-15-12(17)9(3)19-13(15)10-5-4-6-18-10/h4-6,8-9,13H,7H2,1-3H3,(H,14,16)/t9-,13+/m1/s1. The summed E-state index contributed by atoms with van der Waals surface area (Å²) in [6.07, 6.45) is 1.58. The zero-order valence-electron chi connectivity index (χ0n) is 11.3. The number of carbonyl (C=O) groups is 2. The molecule has 1 aromatic heterocycles. The number of nitrogens with zero attached hydrogens (tertiary/aromatic N) is 1. The Morgan fingerprint density at radius 1 is 1.58 bits per heavy atom. The van der Waals surface area contributed by atoms with E-state index in [1.165, 1.54) is 11.8 Å². The molecule has 2 amide bonds. The van der Waals surface area contributed by atoms with Gasteiger partial charge in [-0.05, 0) is 32.9 Å². The summed E-state index contributed by atoms with van der Waals surface area (Å²) in [4.78, 5) is 25.5. The van der Waals surface area contributed by atoms with Crippen molar-refractivity contribution in [2.75, 3.05) is 6.54 Å². The molecular formula is C13H18N2O3S. The lowest BCUT2D eigenvalue weighted by Gasteiger charge is -2.22. The molecule has 19 heavy (non-hydrogen) atoms. The van der Waals surface area contributed by atoms with Crippen molar-refractivity contribution in [3.63, 3.8) is 0 Å². The van der Waals surface area contributed by atoms with Crippen molar-refractivity contribution in [2.24, 2.45) is 0 Å². The molecule has 1 fully saturated rings. The maximum absolute atomic E-state index is 12.1. The van der Waals surface area contributed by atoms with Crippen molar-refractivity contribution in [1.82, 2.24) is 10.2 Å². The fourth-order valence-corrected chi connectivity index (χ4v) is 3.24. The first-order valence-corrected chi connectivity index (χ1v) is 7.22. The minimum Gasteiger partial charge on any atom is -0.466 e. The molecule has 0 unspecified atom stereocenters. The van der Waals surface area contributed by atoms with Crippen LogP contribution in [-0.2, 0) is 9.59 Å². The van der Waals surface area contributed by atoms with Crippen LogP contribution in [0.2, 0.25) is 0 Å². The molecule has 0 spiro atoms. The van der Waals surface area contributed by atoms with E-state index in [9.17, 15) is 9.59 Å². The molecule has 0 radical (unpaired) electrons. The lowest BCUT2D eigenvalue weighted by Crippen LogP contribution is -2.42. The summed E-state index contributed by atoms with van der Waals surface area (Å²) >= 11 is 1.50. The van der Waals surface area contributed by atoms with Gasteiger partial charge in [-0.15, -0.1) is 11.8 Å². The van der Waals surface area contributed by atoms with Crippen LogP contribution in [-0.4, -0.2) is 34.6 Å². The molecule has 0 saturated carbocycles. The molecule has 5 nitrogen and oxygen atoms in total. The molecule has 1 aliphatic heterocycles. The Morgan fingerprint density at radius 3 is 2.89 bits per heavy atom. The van der Waals surface area contributed by atoms with Crippen molar-refractivity contribution in [2.45, 2.75) is 37.4 Å². The van der Waals surface area contributed by atoms with E-state index in [-0.39, 0.29) is 35.0 Å². The van der Waals surface area contributed by atoms with Gasteiger partial charge < -0.3 is 14.6 Å². The highest BCUT2D eigenvalue weighted by atomic mass is 32.2. The van der Waals surface area contributed by atoms with E-state index < -0.39 is 0 Å². The fraction of sp³-hybridized carbons (Fsp3) is 0.538. The van der Waals surface area contributed by atoms with Crippen molar-refractivity contribution in [3.8, 4) is 0 Å². The summed E-state index contributed by atoms with van der Waals surface area (Å²) in [5.74, 6) is 0.542. The molecule has 2 rings (SSSR count). The molecule has 104 valence electrons. The number of rotatable bonds is 4. The lowest BCUT2D eigenvalue weighted by molar-refractivity contribution is -0.135. The van der Waals surface area contributed by atoms with Gasteiger partial charge in [-0.1, -0.05) is 0 Å². The molecule has 1 saturated heterocycles. The van der Waals surface area contributed by atoms with Crippen LogP contribution in [0.25, 0.3) is 0 Å². The third-order valence-corrected chi connectivity index (χ3v) is 4.15. The highest BCUT2D eigenvalue weighted by molar-refractivity contribution is 8.01. The fourth-order valence-electron chi connectivity index (χ4n) is 2.01. The Balaban J connectivity index is 2.11. The van der Waals surface area contributed by atoms with Gasteiger partial charge in [-0.25, -0.2) is 0 Å². The summed E-state index contributed by atoms with van der Waals surface area (Å²) in [6.45, 7) is 5.71. The first kappa shape index (κ1) is 14.0. The smallest absolute Gasteiger partial charge is 0.239 e. The number of hydrogen-bond acceptors (Lipinski definition) is 4. The average molecular weight is 282 g/mol. The highest BCUT2D eigenvalue weighted by Gasteiger charge is 2.40. The Hall–Kier alpha value is -1.43. The van der Waals surface area contributed by atoms with Gasteiger partial charge in [0.1, 0.15) is 17.7 Å². The molecule has 1 aliphatic rings. The van der Waals surface area contributed by atoms with Gasteiger partial charge in [0, 0.05) is 6.04 Å². The minimum absolute atomic E-state index is 0.0229. The van der Waals surface area contributed by atoms with E-state index in [4.69, 9.17) is 4.42 Å². The molecule has 0 aromatic carbocycles. The summed E-state index contributed by atoms with van der Waals surface area (Å²) < 4.78 is 5.36. The first-order chi connectivity index (χ1) is 8.99. The van der Waals surface area contributed by atoms with Gasteiger partial charge in [0.2, 0.25) is 11.8 Å². The van der Waals surface area contributed by atoms with Crippen LogP contribution in [0.5, 0.6) is 0 Å². The molecule has 0 aliphatic carbocycles. The molecule has 0 bridgehead atoms. The summed E-state index contributed by atoms with van der Waals surface area (Å²) in [6, 6.07) is 3.68. The molecule has 6 heteroatoms. The van der Waals surface area contributed by atoms with Gasteiger partial charge >= 0.3 is 0 Å². The van der Waals surface area contributed by atoms with Gasteiger partial charge in [0.05, 0.1) is 11.5 Å². The van der Waals surface area contributed by atoms with Gasteiger partial charge in [-0.3, -0.25) is 9.59 Å². The quantitative estimate of drug-likeness (QED) is 0.914. The topological polar surface area (TPSA) is 62.6 Å². The minimum atomic E-state index is -0.213. The van der Waals surface area contributed by atoms with Crippen LogP contribution in [0.3, 0.4) is 0 Å². The monoisotopic (exact) mass is 282 g/mol. The Labute approximate surface area is 116 Å². The van der Waals surface area contributed by atoms with E-state index in [1.54, 1.807) is 17.2 Å². The number of carbonyl (C=O) groups excluding carboxylic acids is 2. The van der Waals surface area contributed by atoms with Gasteiger partial charge in [-0.2, -0.15) is 0 Å². The number of furan rings is 1. The maximum Gasteiger partial charge on any atom is 0.239 e. The third-order valence-electron chi connectivity index (χ3n) is 2.80. The zero-order chi connectivity index (χ0) is 14.0. The Bertz CT molecular complexity index is 458. The zero-order valence-corrected chi connectivity index (χ0v) is 12.1. The predicted octanol–water partition coefficient (Wildman–Crippen LogP) is 1.77. The summed E-state index contributed by atoms with van der Waals surface area (Å²) in [5, 5.41) is 2.43. The second-order valence-electron chi connectivity index (χ2n) is 4.83. The second kappa shape index (κ2) is 5.69. The first-order valence-electron chi connectivity index (χ1n) is 6.27. The van der Waals surface area contributed by atoms with E-state index in [0.717, 1.165) is 0 Å². The van der Waals surface area contributed by atoms with E-state index in [0.29, 0.717) is 5.76 Å². The number of nitrogens with one attached hydrogen (secondary N) is 1. The van der Waals surface area contributed by atoms with Gasteiger partial charge in [0.15, 0.2) is 0 Å². The lowest BCUT2D eigenvalue weighted by atomic mass is 10.3. The predicted molar refractivity (Wildman–Crippen MR) is 73.5 cm³/mol. The molecule has 2 atom stereocenters. The largest absolute Gasteiger partial charge is 0.466 e. The Morgan fingerprint density at radius 2 is 2.32 bits per heavy atom. The van der Waals surface area contributed by atoms with Crippen molar-refractivity contribution >= 4 is 23.6 Å². The SMILES string of the molecule is CC(C)NC(=O)CN1C(=O)[C@@H](C)S[C@H]1c1ccco1. The molecule has 1 aromatic rings. The van der Waals surface area contributed by atoms with Crippen LogP contribution in [0.1, 0.15) is 31.9 Å². The van der Waals surface area contributed by atoms with Crippen LogP contribution in [0, 0.1) is 0 Å². The number of amides is 2. The van der Waals surface area contributed by atoms with Crippen molar-refractivity contribution < 1.29 is 14.0 Å². The van der Waals surface area contributed by atoms with E-state index >= 15 is 0 Å². The Kier molecular flexibility index (Phi) is 4.19. The summed E-state index contributed by atoms with van der Waals surface area (Å²) in [5.41, 5.74) is 0. The van der Waals surface area contributed by atoms with Crippen LogP contribution in [0.15, 0.2) is 22.8 Å². The van der Waals surface area contributed by atoms with E-state index in [1.807, 2.05) is 26.8 Å². The van der Waals surface area contributed by atoms with Crippen molar-refractivity contribution in [3.05, 3.63) is 24.2 Å². The van der Waals surface area contributed by atoms with Crippen molar-refractivity contribution in [1.29, 1.82) is 0 Å². The average Bonchev–Trinajstić information content (AvgIpc) is 2.92. The molecule has 2 heterocycles. The molecular weight excluding hydrogens is 264 g/mol. The van der Waals surface area contributed by atoms with E-state index in [2.05, 4.69) is 5.32 Å². The van der Waals surface area contributed by atoms with Gasteiger partial charge in [0.25, 0.3) is 0 Å². The van der Waals surface area contributed by atoms with Crippen LogP contribution in [0.4, 0.5) is 0 Å². The maximum atomic E-state index is 12.1. The van der Waals surface area contributed by atoms with Crippen LogP contribution >= 0.6 is 11.8 Å². The third kappa shape index (κ3) is 3.12. The second-order valence-corrected chi connectivity index (χ2v) is 6.26. The molecule has 1 N–H and O–H groups in total. The van der Waals surface area contributed by atoms with Crippen LogP contribution < -0.4 is 5.32 Å².